The summed E-state index contributed by atoms with van der Waals surface area (Å²) >= 11 is 6.00. The first-order valence-corrected chi connectivity index (χ1v) is 11.3. The Morgan fingerprint density at radius 2 is 1.89 bits per heavy atom. The van der Waals surface area contributed by atoms with Crippen LogP contribution < -0.4 is 5.32 Å². The van der Waals surface area contributed by atoms with E-state index in [0.717, 1.165) is 5.56 Å². The predicted molar refractivity (Wildman–Crippen MR) is 106 cm³/mol. The number of nitrogens with one attached hydrogen (secondary N) is 1. The van der Waals surface area contributed by atoms with E-state index in [9.17, 15) is 8.42 Å². The summed E-state index contributed by atoms with van der Waals surface area (Å²) in [6.07, 6.45) is 2.54. The fourth-order valence-corrected chi connectivity index (χ4v) is 5.76. The maximum atomic E-state index is 12.8. The molecular weight excluding hydrogens is 404 g/mol. The van der Waals surface area contributed by atoms with Gasteiger partial charge < -0.3 is 14.6 Å². The van der Waals surface area contributed by atoms with Crippen LogP contribution in [-0.4, -0.2) is 60.5 Å². The highest BCUT2D eigenvalue weighted by atomic mass is 35.5. The van der Waals surface area contributed by atoms with Crippen molar-refractivity contribution in [3.8, 4) is 11.4 Å². The van der Waals surface area contributed by atoms with Crippen molar-refractivity contribution >= 4 is 27.6 Å². The summed E-state index contributed by atoms with van der Waals surface area (Å²) in [5.41, 5.74) is 0.779. The number of hydrogen-bond acceptors (Lipinski definition) is 7. The first-order valence-electron chi connectivity index (χ1n) is 9.45. The van der Waals surface area contributed by atoms with Gasteiger partial charge in [-0.05, 0) is 37.8 Å². The van der Waals surface area contributed by atoms with Crippen molar-refractivity contribution in [2.45, 2.75) is 37.0 Å². The Bertz CT molecular complexity index is 906. The molecule has 28 heavy (non-hydrogen) atoms. The van der Waals surface area contributed by atoms with Gasteiger partial charge in [-0.1, -0.05) is 28.9 Å². The molecule has 2 saturated heterocycles. The van der Waals surface area contributed by atoms with Crippen LogP contribution in [0.5, 0.6) is 0 Å². The van der Waals surface area contributed by atoms with Crippen molar-refractivity contribution in [3.05, 3.63) is 29.3 Å². The zero-order chi connectivity index (χ0) is 19.6. The van der Waals surface area contributed by atoms with Crippen LogP contribution in [0.15, 0.2) is 28.8 Å². The monoisotopic (exact) mass is 426 g/mol. The van der Waals surface area contributed by atoms with Gasteiger partial charge in [0.05, 0.1) is 5.25 Å². The minimum absolute atomic E-state index is 0.0915. The number of benzene rings is 1. The molecule has 2 aromatic rings. The van der Waals surface area contributed by atoms with E-state index in [4.69, 9.17) is 20.9 Å². The molecule has 1 N–H and O–H groups in total. The van der Waals surface area contributed by atoms with Crippen molar-refractivity contribution in [2.75, 3.05) is 31.6 Å². The second kappa shape index (κ2) is 8.36. The van der Waals surface area contributed by atoms with Crippen molar-refractivity contribution in [3.63, 3.8) is 0 Å². The van der Waals surface area contributed by atoms with Crippen LogP contribution in [0.3, 0.4) is 0 Å². The first kappa shape index (κ1) is 19.6. The third kappa shape index (κ3) is 4.32. The van der Waals surface area contributed by atoms with E-state index in [2.05, 4.69) is 15.5 Å². The molecule has 2 aliphatic rings. The lowest BCUT2D eigenvalue weighted by atomic mass is 10.1. The molecule has 0 aliphatic carbocycles. The molecule has 0 atom stereocenters. The van der Waals surface area contributed by atoms with Gasteiger partial charge in [-0.3, -0.25) is 0 Å². The highest BCUT2D eigenvalue weighted by Gasteiger charge is 2.35. The molecule has 0 radical (unpaired) electrons. The zero-order valence-electron chi connectivity index (χ0n) is 15.4. The van der Waals surface area contributed by atoms with Gasteiger partial charge in [-0.15, -0.1) is 0 Å². The van der Waals surface area contributed by atoms with Crippen LogP contribution in [0.4, 0.5) is 6.01 Å². The van der Waals surface area contributed by atoms with Crippen molar-refractivity contribution in [2.24, 2.45) is 0 Å². The van der Waals surface area contributed by atoms with Gasteiger partial charge in [0, 0.05) is 42.9 Å². The molecule has 152 valence electrons. The minimum atomic E-state index is -3.26. The molecule has 8 nitrogen and oxygen atoms in total. The number of ether oxygens (including phenoxy) is 1. The van der Waals surface area contributed by atoms with E-state index in [1.54, 1.807) is 16.4 Å². The number of anilines is 1. The lowest BCUT2D eigenvalue weighted by Crippen LogP contribution is -2.47. The van der Waals surface area contributed by atoms with Gasteiger partial charge in [0.2, 0.25) is 15.8 Å². The maximum Gasteiger partial charge on any atom is 0.322 e. The highest BCUT2D eigenvalue weighted by Crippen LogP contribution is 2.25. The molecule has 0 bridgehead atoms. The third-order valence-corrected chi connectivity index (χ3v) is 7.87. The highest BCUT2D eigenvalue weighted by molar-refractivity contribution is 7.89. The van der Waals surface area contributed by atoms with E-state index in [0.29, 0.717) is 68.8 Å². The van der Waals surface area contributed by atoms with Gasteiger partial charge in [0.1, 0.15) is 0 Å². The molecule has 0 saturated carbocycles. The summed E-state index contributed by atoms with van der Waals surface area (Å²) in [5.74, 6) is 0.463. The number of nitrogens with zero attached hydrogens (tertiary/aromatic N) is 3. The Balaban J connectivity index is 1.33. The molecule has 0 unspecified atom stereocenters. The average Bonchev–Trinajstić information content (AvgIpc) is 3.18. The second-order valence-electron chi connectivity index (χ2n) is 7.11. The lowest BCUT2D eigenvalue weighted by Gasteiger charge is -2.34. The number of halogens is 1. The van der Waals surface area contributed by atoms with Gasteiger partial charge in [-0.25, -0.2) is 12.7 Å². The Morgan fingerprint density at radius 3 is 2.61 bits per heavy atom. The molecule has 1 aromatic carbocycles. The average molecular weight is 427 g/mol. The topological polar surface area (TPSA) is 97.6 Å². The number of sulfonamides is 1. The number of piperidine rings is 1. The van der Waals surface area contributed by atoms with Crippen LogP contribution >= 0.6 is 11.6 Å². The molecule has 0 spiro atoms. The Labute approximate surface area is 169 Å². The quantitative estimate of drug-likeness (QED) is 0.784. The number of rotatable bonds is 5. The molecule has 1 aromatic heterocycles. The SMILES string of the molecule is O=S(=O)(C1CCOCC1)N1CCC(Nc2nc(-c3cccc(Cl)c3)no2)CC1. The summed E-state index contributed by atoms with van der Waals surface area (Å²) in [6, 6.07) is 7.67. The van der Waals surface area contributed by atoms with E-state index in [1.165, 1.54) is 0 Å². The zero-order valence-corrected chi connectivity index (χ0v) is 17.0. The van der Waals surface area contributed by atoms with Gasteiger partial charge in [-0.2, -0.15) is 4.98 Å². The van der Waals surface area contributed by atoms with Gasteiger partial charge in [0.15, 0.2) is 0 Å². The van der Waals surface area contributed by atoms with Crippen LogP contribution in [0.2, 0.25) is 5.02 Å². The Hall–Kier alpha value is -1.68. The number of aromatic nitrogens is 2. The van der Waals surface area contributed by atoms with E-state index >= 15 is 0 Å². The number of hydrogen-bond donors (Lipinski definition) is 1. The molecule has 2 fully saturated rings. The normalized spacial score (nSPS) is 20.3. The minimum Gasteiger partial charge on any atom is -0.381 e. The molecular formula is C18H23ClN4O4S. The fraction of sp³-hybridized carbons (Fsp3) is 0.556. The smallest absolute Gasteiger partial charge is 0.322 e. The molecule has 10 heteroatoms. The summed E-state index contributed by atoms with van der Waals surface area (Å²) in [4.78, 5) is 4.36. The summed E-state index contributed by atoms with van der Waals surface area (Å²) in [6.45, 7) is 2.03. The molecule has 0 amide bonds. The van der Waals surface area contributed by atoms with Crippen molar-refractivity contribution < 1.29 is 17.7 Å². The van der Waals surface area contributed by atoms with Crippen LogP contribution in [-0.2, 0) is 14.8 Å². The standard InChI is InChI=1S/C18H23ClN4O4S/c19-14-3-1-2-13(12-14)17-21-18(27-22-17)20-15-4-8-23(9-5-15)28(24,25)16-6-10-26-11-7-16/h1-3,12,15-16H,4-11H2,(H,20,21,22). The van der Waals surface area contributed by atoms with Crippen LogP contribution in [0, 0.1) is 0 Å². The van der Waals surface area contributed by atoms with E-state index in [1.807, 2.05) is 12.1 Å². The summed E-state index contributed by atoms with van der Waals surface area (Å²) < 4.78 is 37.8. The Morgan fingerprint density at radius 1 is 1.14 bits per heavy atom. The molecule has 4 rings (SSSR count). The van der Waals surface area contributed by atoms with Crippen molar-refractivity contribution in [1.82, 2.24) is 14.4 Å². The van der Waals surface area contributed by atoms with E-state index in [-0.39, 0.29) is 11.3 Å². The predicted octanol–water partition coefficient (Wildman–Crippen LogP) is 2.78. The van der Waals surface area contributed by atoms with Crippen molar-refractivity contribution in [1.29, 1.82) is 0 Å². The lowest BCUT2D eigenvalue weighted by molar-refractivity contribution is 0.0969. The second-order valence-corrected chi connectivity index (χ2v) is 9.76. The summed E-state index contributed by atoms with van der Waals surface area (Å²) in [5, 5.41) is 7.49. The van der Waals surface area contributed by atoms with Crippen LogP contribution in [0.25, 0.3) is 11.4 Å². The fourth-order valence-electron chi connectivity index (χ4n) is 3.64. The van der Waals surface area contributed by atoms with Crippen LogP contribution in [0.1, 0.15) is 25.7 Å². The maximum absolute atomic E-state index is 12.8. The summed E-state index contributed by atoms with van der Waals surface area (Å²) in [7, 11) is -3.26. The van der Waals surface area contributed by atoms with Gasteiger partial charge >= 0.3 is 6.01 Å². The largest absolute Gasteiger partial charge is 0.381 e. The Kier molecular flexibility index (Phi) is 5.86. The molecule has 3 heterocycles. The molecule has 2 aliphatic heterocycles. The third-order valence-electron chi connectivity index (χ3n) is 5.24. The van der Waals surface area contributed by atoms with E-state index < -0.39 is 10.0 Å². The first-order chi connectivity index (χ1) is 13.5. The van der Waals surface area contributed by atoms with Gasteiger partial charge in [0.25, 0.3) is 0 Å².